The van der Waals surface area contributed by atoms with Gasteiger partial charge in [0, 0.05) is 35.4 Å². The molecule has 33 heavy (non-hydrogen) atoms. The summed E-state index contributed by atoms with van der Waals surface area (Å²) in [6.07, 6.45) is 7.49. The molecule has 9 heteroatoms. The summed E-state index contributed by atoms with van der Waals surface area (Å²) < 4.78 is 14.1. The normalized spacial score (nSPS) is 13.9. The molecular formula is C24H27N5O3S. The molecular weight excluding hydrogens is 438 g/mol. The second kappa shape index (κ2) is 11.1. The number of pyridine rings is 1. The van der Waals surface area contributed by atoms with Gasteiger partial charge in [-0.25, -0.2) is 4.98 Å². The van der Waals surface area contributed by atoms with E-state index >= 15 is 0 Å². The fraction of sp³-hybridized carbons (Fsp3) is 0.333. The van der Waals surface area contributed by atoms with Crippen molar-refractivity contribution in [2.45, 2.75) is 31.1 Å². The van der Waals surface area contributed by atoms with Crippen LogP contribution in [0.2, 0.25) is 0 Å². The molecule has 0 spiro atoms. The van der Waals surface area contributed by atoms with Gasteiger partial charge in [-0.2, -0.15) is 0 Å². The number of carbonyl (C=O) groups is 1. The van der Waals surface area contributed by atoms with Crippen LogP contribution in [0, 0.1) is 0 Å². The topological polar surface area (TPSA) is 98.3 Å². The van der Waals surface area contributed by atoms with Gasteiger partial charge in [0.05, 0.1) is 43.0 Å². The first-order valence-electron chi connectivity index (χ1n) is 10.9. The summed E-state index contributed by atoms with van der Waals surface area (Å²) in [5.74, 6) is 0.268. The predicted molar refractivity (Wildman–Crippen MR) is 129 cm³/mol. The first-order valence-corrected chi connectivity index (χ1v) is 11.8. The first kappa shape index (κ1) is 23.0. The third-order valence-electron chi connectivity index (χ3n) is 4.99. The van der Waals surface area contributed by atoms with Crippen LogP contribution in [0.5, 0.6) is 5.88 Å². The fourth-order valence-electron chi connectivity index (χ4n) is 3.15. The van der Waals surface area contributed by atoms with E-state index in [-0.39, 0.29) is 11.9 Å². The lowest BCUT2D eigenvalue weighted by atomic mass is 10.1. The van der Waals surface area contributed by atoms with Crippen LogP contribution in [0.4, 0.5) is 5.69 Å². The van der Waals surface area contributed by atoms with Gasteiger partial charge >= 0.3 is 0 Å². The van der Waals surface area contributed by atoms with Crippen LogP contribution >= 0.6 is 11.9 Å². The summed E-state index contributed by atoms with van der Waals surface area (Å²) >= 11 is 1.73. The zero-order valence-corrected chi connectivity index (χ0v) is 19.5. The highest BCUT2D eigenvalue weighted by molar-refractivity contribution is 8.01. The molecule has 0 saturated heterocycles. The molecule has 0 radical (unpaired) electrons. The van der Waals surface area contributed by atoms with Crippen molar-refractivity contribution in [3.8, 4) is 17.1 Å². The highest BCUT2D eigenvalue weighted by Crippen LogP contribution is 2.34. The van der Waals surface area contributed by atoms with Crippen LogP contribution in [0.25, 0.3) is 11.3 Å². The van der Waals surface area contributed by atoms with Crippen molar-refractivity contribution in [1.82, 2.24) is 20.3 Å². The van der Waals surface area contributed by atoms with Crippen molar-refractivity contribution in [2.75, 3.05) is 25.0 Å². The molecule has 1 fully saturated rings. The summed E-state index contributed by atoms with van der Waals surface area (Å²) in [6, 6.07) is 10.7. The average Bonchev–Trinajstić information content (AvgIpc) is 3.68. The van der Waals surface area contributed by atoms with E-state index in [0.29, 0.717) is 35.6 Å². The van der Waals surface area contributed by atoms with Gasteiger partial charge in [-0.05, 0) is 56.0 Å². The van der Waals surface area contributed by atoms with Gasteiger partial charge in [-0.3, -0.25) is 14.8 Å². The molecule has 172 valence electrons. The lowest BCUT2D eigenvalue weighted by molar-refractivity contribution is 0.0894. The maximum Gasteiger partial charge on any atom is 0.251 e. The third-order valence-corrected chi connectivity index (χ3v) is 6.15. The summed E-state index contributed by atoms with van der Waals surface area (Å²) in [5.41, 5.74) is 3.77. The van der Waals surface area contributed by atoms with E-state index in [2.05, 4.69) is 25.0 Å². The number of anilines is 1. The van der Waals surface area contributed by atoms with Crippen molar-refractivity contribution in [2.24, 2.45) is 0 Å². The minimum atomic E-state index is -0.372. The van der Waals surface area contributed by atoms with Crippen molar-refractivity contribution < 1.29 is 14.3 Å². The number of carbonyl (C=O) groups excluding carboxylic acids is 1. The van der Waals surface area contributed by atoms with Crippen molar-refractivity contribution >= 4 is 23.5 Å². The van der Waals surface area contributed by atoms with Crippen LogP contribution in [-0.4, -0.2) is 46.4 Å². The number of benzene rings is 1. The summed E-state index contributed by atoms with van der Waals surface area (Å²) in [7, 11) is 1.61. The maximum atomic E-state index is 12.9. The Bertz CT molecular complexity index is 1080. The van der Waals surface area contributed by atoms with Gasteiger partial charge in [-0.15, -0.1) is 0 Å². The first-order chi connectivity index (χ1) is 16.2. The molecule has 2 aromatic heterocycles. The SMILES string of the molecule is CCOc1cncc(-c2ccc(C(=O)NC(COC)c3cc(NSC4CC4)ccn3)cc2)n1. The Kier molecular flexibility index (Phi) is 7.74. The van der Waals surface area contributed by atoms with Gasteiger partial charge in [0.25, 0.3) is 5.91 Å². The molecule has 1 aliphatic carbocycles. The molecule has 1 atom stereocenters. The number of hydrogen-bond acceptors (Lipinski definition) is 8. The van der Waals surface area contributed by atoms with Gasteiger partial charge in [0.15, 0.2) is 0 Å². The molecule has 1 aromatic carbocycles. The van der Waals surface area contributed by atoms with E-state index in [9.17, 15) is 4.79 Å². The van der Waals surface area contributed by atoms with E-state index < -0.39 is 0 Å². The number of rotatable bonds is 11. The molecule has 1 aliphatic rings. The van der Waals surface area contributed by atoms with Crippen LogP contribution in [0.15, 0.2) is 55.0 Å². The molecule has 1 amide bonds. The number of ether oxygens (including phenoxy) is 2. The number of amides is 1. The zero-order valence-electron chi connectivity index (χ0n) is 18.7. The van der Waals surface area contributed by atoms with Crippen LogP contribution in [-0.2, 0) is 4.74 Å². The smallest absolute Gasteiger partial charge is 0.251 e. The predicted octanol–water partition coefficient (Wildman–Crippen LogP) is 4.28. The Morgan fingerprint density at radius 3 is 2.76 bits per heavy atom. The Morgan fingerprint density at radius 1 is 1.21 bits per heavy atom. The summed E-state index contributed by atoms with van der Waals surface area (Å²) in [6.45, 7) is 2.73. The minimum absolute atomic E-state index is 0.203. The number of aromatic nitrogens is 3. The zero-order chi connectivity index (χ0) is 23.0. The Hall–Kier alpha value is -3.17. The second-order valence-corrected chi connectivity index (χ2v) is 8.73. The minimum Gasteiger partial charge on any atom is -0.477 e. The largest absolute Gasteiger partial charge is 0.477 e. The van der Waals surface area contributed by atoms with Gasteiger partial charge in [0.1, 0.15) is 0 Å². The van der Waals surface area contributed by atoms with E-state index in [4.69, 9.17) is 9.47 Å². The van der Waals surface area contributed by atoms with Crippen LogP contribution < -0.4 is 14.8 Å². The monoisotopic (exact) mass is 465 g/mol. The molecule has 3 aromatic rings. The maximum absolute atomic E-state index is 12.9. The van der Waals surface area contributed by atoms with Crippen molar-refractivity contribution in [3.05, 3.63) is 66.2 Å². The lowest BCUT2D eigenvalue weighted by Crippen LogP contribution is -2.32. The van der Waals surface area contributed by atoms with Gasteiger partial charge in [0.2, 0.25) is 5.88 Å². The quantitative estimate of drug-likeness (QED) is 0.405. The van der Waals surface area contributed by atoms with E-state index in [1.165, 1.54) is 12.8 Å². The molecule has 2 heterocycles. The Balaban J connectivity index is 1.44. The van der Waals surface area contributed by atoms with Gasteiger partial charge < -0.3 is 19.5 Å². The number of hydrogen-bond donors (Lipinski definition) is 2. The number of nitrogens with zero attached hydrogens (tertiary/aromatic N) is 3. The summed E-state index contributed by atoms with van der Waals surface area (Å²) in [5, 5.41) is 3.72. The molecule has 1 saturated carbocycles. The van der Waals surface area contributed by atoms with E-state index in [1.807, 2.05) is 31.2 Å². The van der Waals surface area contributed by atoms with E-state index in [1.54, 1.807) is 49.8 Å². The number of methoxy groups -OCH3 is 1. The molecule has 0 aliphatic heterocycles. The summed E-state index contributed by atoms with van der Waals surface area (Å²) in [4.78, 5) is 26.0. The Labute approximate surface area is 197 Å². The van der Waals surface area contributed by atoms with Gasteiger partial charge in [-0.1, -0.05) is 12.1 Å². The van der Waals surface area contributed by atoms with E-state index in [0.717, 1.165) is 16.9 Å². The van der Waals surface area contributed by atoms with Crippen LogP contribution in [0.1, 0.15) is 41.9 Å². The lowest BCUT2D eigenvalue weighted by Gasteiger charge is -2.18. The molecule has 2 N–H and O–H groups in total. The number of nitrogens with one attached hydrogen (secondary N) is 2. The highest BCUT2D eigenvalue weighted by Gasteiger charge is 2.22. The average molecular weight is 466 g/mol. The standard InChI is InChI=1S/C24H27N5O3S/c1-3-32-23-14-25-13-21(27-23)16-4-6-17(7-5-16)24(30)28-22(15-31-2)20-12-18(10-11-26-20)29-33-19-8-9-19/h4-7,10-14,19,22H,3,8-9,15H2,1-2H3,(H,26,29)(H,28,30). The molecule has 8 nitrogen and oxygen atoms in total. The molecule has 1 unspecified atom stereocenters. The highest BCUT2D eigenvalue weighted by atomic mass is 32.2. The third kappa shape index (κ3) is 6.43. The van der Waals surface area contributed by atoms with Crippen molar-refractivity contribution in [3.63, 3.8) is 0 Å². The second-order valence-electron chi connectivity index (χ2n) is 7.62. The molecule has 0 bridgehead atoms. The fourth-order valence-corrected chi connectivity index (χ4v) is 3.95. The Morgan fingerprint density at radius 2 is 2.03 bits per heavy atom. The molecule has 4 rings (SSSR count). The van der Waals surface area contributed by atoms with Crippen LogP contribution in [0.3, 0.4) is 0 Å². The van der Waals surface area contributed by atoms with Crippen molar-refractivity contribution in [1.29, 1.82) is 0 Å².